The number of imide groups is 1. The van der Waals surface area contributed by atoms with E-state index in [9.17, 15) is 14.4 Å². The Bertz CT molecular complexity index is 2140. The first kappa shape index (κ1) is 31.5. The first-order valence-corrected chi connectivity index (χ1v) is 16.4. The van der Waals surface area contributed by atoms with Gasteiger partial charge in [-0.15, -0.1) is 0 Å². The summed E-state index contributed by atoms with van der Waals surface area (Å²) in [4.78, 5) is 48.8. The van der Waals surface area contributed by atoms with Crippen molar-refractivity contribution in [2.24, 2.45) is 0 Å². The van der Waals surface area contributed by atoms with Gasteiger partial charge in [0.1, 0.15) is 47.4 Å². The van der Waals surface area contributed by atoms with Gasteiger partial charge in [-0.2, -0.15) is 5.10 Å². The maximum atomic E-state index is 16.1. The van der Waals surface area contributed by atoms with Crippen molar-refractivity contribution >= 4 is 34.6 Å². The molecule has 3 amide bonds. The van der Waals surface area contributed by atoms with Crippen LogP contribution in [0.5, 0.6) is 11.5 Å². The molecule has 1 unspecified atom stereocenters. The fraction of sp³-hybridized carbons (Fsp3) is 0.278. The molecule has 5 heterocycles. The number of nitrogens with one attached hydrogen (secondary N) is 1. The number of fused-ring (bicyclic) bond motifs is 2. The molecule has 14 heteroatoms. The summed E-state index contributed by atoms with van der Waals surface area (Å²) < 4.78 is 39.4. The minimum Gasteiger partial charge on any atom is -0.457 e. The molecule has 0 aliphatic carbocycles. The van der Waals surface area contributed by atoms with Crippen LogP contribution >= 0.6 is 0 Å². The first-order valence-electron chi connectivity index (χ1n) is 16.4. The molecule has 50 heavy (non-hydrogen) atoms. The SMILES string of the molecule is Nc1ncnc2c1c(-c1ccc(Oc3ccccc3)cc1)nn2[C@H]1CCN(Cc2ccc3c(c2F)CN(C2CCC(=O)NC2=O)C3=O)C[C@H]1F. The quantitative estimate of drug-likeness (QED) is 0.237. The van der Waals surface area contributed by atoms with E-state index in [0.717, 1.165) is 5.56 Å². The third kappa shape index (κ3) is 5.60. The number of aromatic nitrogens is 4. The van der Waals surface area contributed by atoms with Gasteiger partial charge in [0.05, 0.1) is 18.0 Å². The van der Waals surface area contributed by atoms with E-state index in [0.29, 0.717) is 46.8 Å². The Balaban J connectivity index is 0.988. The summed E-state index contributed by atoms with van der Waals surface area (Å²) in [5, 5.41) is 7.60. The van der Waals surface area contributed by atoms with Gasteiger partial charge in [0, 0.05) is 48.3 Å². The second kappa shape index (κ2) is 12.6. The Kier molecular flexibility index (Phi) is 7.94. The molecule has 254 valence electrons. The predicted molar refractivity (Wildman–Crippen MR) is 178 cm³/mol. The minimum absolute atomic E-state index is 0.0191. The van der Waals surface area contributed by atoms with E-state index < -0.39 is 41.8 Å². The second-order valence-corrected chi connectivity index (χ2v) is 12.8. The maximum Gasteiger partial charge on any atom is 0.255 e. The largest absolute Gasteiger partial charge is 0.457 e. The van der Waals surface area contributed by atoms with Crippen molar-refractivity contribution in [2.75, 3.05) is 18.8 Å². The highest BCUT2D eigenvalue weighted by Gasteiger charge is 2.41. The summed E-state index contributed by atoms with van der Waals surface area (Å²) in [6, 6.07) is 18.4. The number of carbonyl (C=O) groups is 3. The van der Waals surface area contributed by atoms with E-state index in [4.69, 9.17) is 15.6 Å². The van der Waals surface area contributed by atoms with Gasteiger partial charge in [-0.3, -0.25) is 24.6 Å². The number of rotatable bonds is 7. The highest BCUT2D eigenvalue weighted by atomic mass is 19.1. The molecule has 3 aliphatic heterocycles. The number of likely N-dealkylation sites (tertiary alicyclic amines) is 1. The molecule has 0 radical (unpaired) electrons. The van der Waals surface area contributed by atoms with Crippen molar-refractivity contribution in [1.29, 1.82) is 0 Å². The van der Waals surface area contributed by atoms with E-state index in [1.54, 1.807) is 16.8 Å². The number of nitrogens with two attached hydrogens (primary N) is 1. The summed E-state index contributed by atoms with van der Waals surface area (Å²) in [6.07, 6.45) is 0.645. The fourth-order valence-corrected chi connectivity index (χ4v) is 7.12. The number of ether oxygens (including phenoxy) is 1. The number of piperidine rings is 2. The molecule has 3 N–H and O–H groups in total. The van der Waals surface area contributed by atoms with Gasteiger partial charge in [0.2, 0.25) is 11.8 Å². The van der Waals surface area contributed by atoms with E-state index in [1.807, 2.05) is 59.5 Å². The van der Waals surface area contributed by atoms with Crippen LogP contribution in [0.1, 0.15) is 46.8 Å². The average Bonchev–Trinajstić information content (AvgIpc) is 3.66. The molecular weight excluding hydrogens is 646 g/mol. The van der Waals surface area contributed by atoms with Gasteiger partial charge in [-0.1, -0.05) is 24.3 Å². The molecule has 5 aromatic rings. The van der Waals surface area contributed by atoms with Crippen LogP contribution in [0.25, 0.3) is 22.3 Å². The molecule has 12 nitrogen and oxygen atoms in total. The second-order valence-electron chi connectivity index (χ2n) is 12.8. The van der Waals surface area contributed by atoms with Gasteiger partial charge in [0.15, 0.2) is 5.65 Å². The van der Waals surface area contributed by atoms with Crippen molar-refractivity contribution < 1.29 is 27.9 Å². The van der Waals surface area contributed by atoms with Crippen molar-refractivity contribution in [3.8, 4) is 22.8 Å². The number of hydrogen-bond donors (Lipinski definition) is 2. The zero-order valence-electron chi connectivity index (χ0n) is 26.8. The lowest BCUT2D eigenvalue weighted by atomic mass is 10.0. The van der Waals surface area contributed by atoms with Gasteiger partial charge in [-0.05, 0) is 55.3 Å². The number of alkyl halides is 1. The lowest BCUT2D eigenvalue weighted by Crippen LogP contribution is -2.52. The Morgan fingerprint density at radius 3 is 2.50 bits per heavy atom. The first-order chi connectivity index (χ1) is 24.2. The summed E-state index contributed by atoms with van der Waals surface area (Å²) in [7, 11) is 0. The molecule has 0 saturated carbocycles. The van der Waals surface area contributed by atoms with Gasteiger partial charge in [-0.25, -0.2) is 23.4 Å². The van der Waals surface area contributed by atoms with Gasteiger partial charge >= 0.3 is 0 Å². The zero-order chi connectivity index (χ0) is 34.5. The van der Waals surface area contributed by atoms with Crippen LogP contribution in [-0.4, -0.2) is 72.6 Å². The maximum absolute atomic E-state index is 16.1. The lowest BCUT2D eigenvalue weighted by Gasteiger charge is -2.35. The molecule has 0 bridgehead atoms. The predicted octanol–water partition coefficient (Wildman–Crippen LogP) is 4.55. The molecule has 2 aromatic heterocycles. The molecule has 3 atom stereocenters. The van der Waals surface area contributed by atoms with Crippen molar-refractivity contribution in [3.63, 3.8) is 0 Å². The number of nitrogens with zero attached hydrogens (tertiary/aromatic N) is 6. The smallest absolute Gasteiger partial charge is 0.255 e. The summed E-state index contributed by atoms with van der Waals surface area (Å²) in [6.45, 7) is 0.532. The monoisotopic (exact) mass is 678 g/mol. The van der Waals surface area contributed by atoms with Crippen LogP contribution in [-0.2, 0) is 22.7 Å². The molecule has 2 fully saturated rings. The highest BCUT2D eigenvalue weighted by Crippen LogP contribution is 2.37. The Morgan fingerprint density at radius 2 is 1.74 bits per heavy atom. The standard InChI is InChI=1S/C36H32F2N8O4/c37-26-18-44(16-21-8-11-24-25(31(21)38)17-45(36(24)49)28-12-13-29(47)42-35(28)48)15-14-27(26)46-34-30(33(39)40-19-41-34)32(43-46)20-6-9-23(10-7-20)50-22-4-2-1-3-5-22/h1-11,19,26-28H,12-18H2,(H2,39,40,41)(H,42,47,48)/t26-,27+,28?/m1/s1. The van der Waals surface area contributed by atoms with Crippen LogP contribution < -0.4 is 15.8 Å². The van der Waals surface area contributed by atoms with Crippen LogP contribution in [0, 0.1) is 5.82 Å². The van der Waals surface area contributed by atoms with E-state index in [1.165, 1.54) is 11.2 Å². The van der Waals surface area contributed by atoms with Gasteiger partial charge < -0.3 is 15.4 Å². The lowest BCUT2D eigenvalue weighted by molar-refractivity contribution is -0.136. The van der Waals surface area contributed by atoms with Crippen LogP contribution in [0.3, 0.4) is 0 Å². The molecule has 0 spiro atoms. The molecular formula is C36H32F2N8O4. The normalized spacial score (nSPS) is 21.0. The molecule has 3 aromatic carbocycles. The zero-order valence-corrected chi connectivity index (χ0v) is 26.8. The van der Waals surface area contributed by atoms with Crippen LogP contribution in [0.2, 0.25) is 0 Å². The Hall–Kier alpha value is -5.76. The van der Waals surface area contributed by atoms with Crippen LogP contribution in [0.15, 0.2) is 73.1 Å². The molecule has 3 aliphatic rings. The highest BCUT2D eigenvalue weighted by molar-refractivity contribution is 6.05. The molecule has 2 saturated heterocycles. The minimum atomic E-state index is -1.36. The number of carbonyl (C=O) groups excluding carboxylic acids is 3. The van der Waals surface area contributed by atoms with Crippen molar-refractivity contribution in [2.45, 2.75) is 50.6 Å². The number of para-hydroxylation sites is 1. The number of amides is 3. The number of nitrogen functional groups attached to an aromatic ring is 1. The fourth-order valence-electron chi connectivity index (χ4n) is 7.12. The van der Waals surface area contributed by atoms with E-state index >= 15 is 8.78 Å². The third-order valence-corrected chi connectivity index (χ3v) is 9.65. The van der Waals surface area contributed by atoms with E-state index in [-0.39, 0.29) is 49.4 Å². The van der Waals surface area contributed by atoms with Crippen molar-refractivity contribution in [1.82, 2.24) is 34.9 Å². The average molecular weight is 679 g/mol. The summed E-state index contributed by atoms with van der Waals surface area (Å²) in [5.74, 6) is -0.361. The number of anilines is 1. The number of benzene rings is 3. The Morgan fingerprint density at radius 1 is 0.960 bits per heavy atom. The number of hydrogen-bond acceptors (Lipinski definition) is 9. The van der Waals surface area contributed by atoms with Gasteiger partial charge in [0.25, 0.3) is 5.91 Å². The Labute approximate surface area is 284 Å². The van der Waals surface area contributed by atoms with E-state index in [2.05, 4.69) is 15.3 Å². The third-order valence-electron chi connectivity index (χ3n) is 9.65. The van der Waals surface area contributed by atoms with Crippen LogP contribution in [0.4, 0.5) is 14.6 Å². The summed E-state index contributed by atoms with van der Waals surface area (Å²) >= 11 is 0. The molecule has 8 rings (SSSR count). The number of halogens is 2. The van der Waals surface area contributed by atoms with Crippen molar-refractivity contribution in [3.05, 3.63) is 95.6 Å². The summed E-state index contributed by atoms with van der Waals surface area (Å²) in [5.41, 5.74) is 8.74. The topological polar surface area (TPSA) is 149 Å².